The normalized spacial score (nSPS) is 34.3. The van der Waals surface area contributed by atoms with E-state index < -0.39 is 6.17 Å². The Bertz CT molecular complexity index is 60.7. The Balaban J connectivity index is 2.26. The Labute approximate surface area is 48.0 Å². The number of rotatable bonds is 0. The third-order valence-corrected chi connectivity index (χ3v) is 1.47. The van der Waals surface area contributed by atoms with Crippen molar-refractivity contribution in [2.24, 2.45) is 0 Å². The minimum Gasteiger partial charge on any atom is -0.250 e. The van der Waals surface area contributed by atoms with Crippen molar-refractivity contribution in [1.29, 1.82) is 0 Å². The molecule has 1 fully saturated rings. The first kappa shape index (κ1) is 5.38. The van der Waals surface area contributed by atoms with Crippen molar-refractivity contribution in [2.45, 2.75) is 12.6 Å². The first-order valence-corrected chi connectivity index (χ1v) is 2.77. The van der Waals surface area contributed by atoms with E-state index in [-0.39, 0.29) is 0 Å². The lowest BCUT2D eigenvalue weighted by molar-refractivity contribution is 0.349. The third-order valence-electron chi connectivity index (χ3n) is 1.11. The molecule has 7 heavy (non-hydrogen) atoms. The standard InChI is InChI=1S/C4H8FNS/c5-4-1-2-6(7)3-4/h4,7H,1-3H2/t4-/m1/s1. The van der Waals surface area contributed by atoms with Gasteiger partial charge >= 0.3 is 0 Å². The van der Waals surface area contributed by atoms with Gasteiger partial charge in [-0.1, -0.05) is 12.8 Å². The fourth-order valence-electron chi connectivity index (χ4n) is 0.700. The van der Waals surface area contributed by atoms with E-state index in [1.807, 2.05) is 0 Å². The summed E-state index contributed by atoms with van der Waals surface area (Å²) < 4.78 is 13.8. The highest BCUT2D eigenvalue weighted by Crippen LogP contribution is 2.12. The van der Waals surface area contributed by atoms with Crippen molar-refractivity contribution in [3.05, 3.63) is 0 Å². The van der Waals surface area contributed by atoms with Crippen molar-refractivity contribution in [3.63, 3.8) is 0 Å². The van der Waals surface area contributed by atoms with Crippen LogP contribution in [0.3, 0.4) is 0 Å². The third kappa shape index (κ3) is 1.31. The zero-order valence-electron chi connectivity index (χ0n) is 3.97. The highest BCUT2D eigenvalue weighted by Gasteiger charge is 2.17. The number of thiol groups is 1. The van der Waals surface area contributed by atoms with E-state index in [4.69, 9.17) is 0 Å². The molecule has 1 aliphatic rings. The summed E-state index contributed by atoms with van der Waals surface area (Å²) in [5, 5.41) is 0. The van der Waals surface area contributed by atoms with Gasteiger partial charge in [-0.2, -0.15) is 0 Å². The fourth-order valence-corrected chi connectivity index (χ4v) is 0.993. The maximum Gasteiger partial charge on any atom is 0.115 e. The number of halogens is 1. The molecule has 1 heterocycles. The predicted octanol–water partition coefficient (Wildman–Crippen LogP) is 0.875. The van der Waals surface area contributed by atoms with Gasteiger partial charge in [-0.05, 0) is 6.42 Å². The SMILES string of the molecule is F[C@@H]1CCN(S)C1. The van der Waals surface area contributed by atoms with Crippen LogP contribution in [-0.4, -0.2) is 23.6 Å². The molecule has 0 aliphatic carbocycles. The van der Waals surface area contributed by atoms with E-state index in [0.29, 0.717) is 13.0 Å². The molecule has 0 unspecified atom stereocenters. The average Bonchev–Trinajstić information content (AvgIpc) is 1.87. The second-order valence-electron chi connectivity index (χ2n) is 1.80. The largest absolute Gasteiger partial charge is 0.250 e. The van der Waals surface area contributed by atoms with Gasteiger partial charge < -0.3 is 0 Å². The summed E-state index contributed by atoms with van der Waals surface area (Å²) in [5.74, 6) is 0. The van der Waals surface area contributed by atoms with Gasteiger partial charge in [-0.3, -0.25) is 4.31 Å². The van der Waals surface area contributed by atoms with Gasteiger partial charge in [0.2, 0.25) is 0 Å². The molecule has 1 saturated heterocycles. The molecule has 0 aromatic carbocycles. The van der Waals surface area contributed by atoms with E-state index in [1.165, 1.54) is 0 Å². The zero-order chi connectivity index (χ0) is 5.28. The molecule has 0 spiro atoms. The first-order chi connectivity index (χ1) is 3.29. The Morgan fingerprint density at radius 2 is 2.43 bits per heavy atom. The van der Waals surface area contributed by atoms with Gasteiger partial charge in [0, 0.05) is 13.1 Å². The number of alkyl halides is 1. The Hall–Kier alpha value is 0.240. The molecule has 0 aromatic heterocycles. The second kappa shape index (κ2) is 2.01. The van der Waals surface area contributed by atoms with Crippen LogP contribution in [0.1, 0.15) is 6.42 Å². The maximum atomic E-state index is 12.1. The zero-order valence-corrected chi connectivity index (χ0v) is 4.87. The molecule has 0 saturated carbocycles. The number of hydrogen-bond donors (Lipinski definition) is 1. The maximum absolute atomic E-state index is 12.1. The Morgan fingerprint density at radius 1 is 1.71 bits per heavy atom. The molecule has 1 nitrogen and oxygen atoms in total. The second-order valence-corrected chi connectivity index (χ2v) is 2.36. The van der Waals surface area contributed by atoms with Gasteiger partial charge in [0.05, 0.1) is 0 Å². The molecule has 3 heteroatoms. The molecular weight excluding hydrogens is 113 g/mol. The number of nitrogens with zero attached hydrogens (tertiary/aromatic N) is 1. The van der Waals surface area contributed by atoms with Crippen molar-refractivity contribution in [3.8, 4) is 0 Å². The van der Waals surface area contributed by atoms with Gasteiger partial charge in [-0.25, -0.2) is 4.39 Å². The quantitative estimate of drug-likeness (QED) is 0.465. The topological polar surface area (TPSA) is 3.24 Å². The molecule has 1 aliphatic heterocycles. The summed E-state index contributed by atoms with van der Waals surface area (Å²) in [6, 6.07) is 0. The molecule has 42 valence electrons. The molecule has 1 rings (SSSR count). The summed E-state index contributed by atoms with van der Waals surface area (Å²) in [7, 11) is 0. The van der Waals surface area contributed by atoms with Gasteiger partial charge in [-0.15, -0.1) is 0 Å². The highest BCUT2D eigenvalue weighted by atomic mass is 32.1. The molecule has 0 amide bonds. The predicted molar refractivity (Wildman–Crippen MR) is 30.1 cm³/mol. The van der Waals surface area contributed by atoms with E-state index in [2.05, 4.69) is 12.8 Å². The monoisotopic (exact) mass is 121 g/mol. The summed E-state index contributed by atoms with van der Waals surface area (Å²) in [6.07, 6.45) is 0.0289. The van der Waals surface area contributed by atoms with Crippen molar-refractivity contribution >= 4 is 12.8 Å². The van der Waals surface area contributed by atoms with Gasteiger partial charge in [0.15, 0.2) is 0 Å². The van der Waals surface area contributed by atoms with Crippen LogP contribution in [0.2, 0.25) is 0 Å². The summed E-state index contributed by atoms with van der Waals surface area (Å²) in [6.45, 7) is 1.30. The summed E-state index contributed by atoms with van der Waals surface area (Å²) in [5.41, 5.74) is 0. The lowest BCUT2D eigenvalue weighted by atomic mass is 10.4. The Kier molecular flexibility index (Phi) is 1.54. The van der Waals surface area contributed by atoms with E-state index >= 15 is 0 Å². The minimum atomic E-state index is -0.627. The van der Waals surface area contributed by atoms with E-state index in [1.54, 1.807) is 4.31 Å². The molecule has 0 N–H and O–H groups in total. The summed E-state index contributed by atoms with van der Waals surface area (Å²) in [4.78, 5) is 0. The minimum absolute atomic E-state index is 0.503. The lowest BCUT2D eigenvalue weighted by Crippen LogP contribution is -2.07. The average molecular weight is 121 g/mol. The molecule has 0 bridgehead atoms. The van der Waals surface area contributed by atoms with Crippen LogP contribution in [-0.2, 0) is 0 Å². The Morgan fingerprint density at radius 3 is 2.57 bits per heavy atom. The van der Waals surface area contributed by atoms with Crippen LogP contribution in [0.15, 0.2) is 0 Å². The van der Waals surface area contributed by atoms with Crippen LogP contribution in [0, 0.1) is 0 Å². The summed E-state index contributed by atoms with van der Waals surface area (Å²) >= 11 is 3.95. The van der Waals surface area contributed by atoms with Crippen molar-refractivity contribution < 1.29 is 4.39 Å². The van der Waals surface area contributed by atoms with E-state index in [9.17, 15) is 4.39 Å². The van der Waals surface area contributed by atoms with Crippen molar-refractivity contribution in [1.82, 2.24) is 4.31 Å². The van der Waals surface area contributed by atoms with Gasteiger partial charge in [0.25, 0.3) is 0 Å². The van der Waals surface area contributed by atoms with Crippen LogP contribution >= 0.6 is 12.8 Å². The first-order valence-electron chi connectivity index (χ1n) is 2.37. The van der Waals surface area contributed by atoms with Crippen LogP contribution in [0.25, 0.3) is 0 Å². The van der Waals surface area contributed by atoms with Crippen LogP contribution < -0.4 is 0 Å². The highest BCUT2D eigenvalue weighted by molar-refractivity contribution is 7.77. The van der Waals surface area contributed by atoms with Crippen LogP contribution in [0.4, 0.5) is 4.39 Å². The van der Waals surface area contributed by atoms with Crippen LogP contribution in [0.5, 0.6) is 0 Å². The fraction of sp³-hybridized carbons (Fsp3) is 1.00. The van der Waals surface area contributed by atoms with Gasteiger partial charge in [0.1, 0.15) is 6.17 Å². The molecular formula is C4H8FNS. The van der Waals surface area contributed by atoms with Crippen molar-refractivity contribution in [2.75, 3.05) is 13.1 Å². The lowest BCUT2D eigenvalue weighted by Gasteiger charge is -2.00. The smallest absolute Gasteiger partial charge is 0.115 e. The number of hydrogen-bond acceptors (Lipinski definition) is 2. The molecule has 0 radical (unpaired) electrons. The molecule has 1 atom stereocenters. The molecule has 0 aromatic rings. The van der Waals surface area contributed by atoms with E-state index in [0.717, 1.165) is 6.54 Å².